The number of hydrogen-bond donors (Lipinski definition) is 1. The number of hydrogen-bond acceptors (Lipinski definition) is 6. The number of halogens is 1. The highest BCUT2D eigenvalue weighted by atomic mass is 19.1. The minimum atomic E-state index is -0.595. The first kappa shape index (κ1) is 19.0. The van der Waals surface area contributed by atoms with Crippen molar-refractivity contribution in [2.45, 2.75) is 0 Å². The number of benzene rings is 2. The lowest BCUT2D eigenvalue weighted by Crippen LogP contribution is -2.15. The Hall–Kier alpha value is -3.29. The van der Waals surface area contributed by atoms with Gasteiger partial charge in [0.15, 0.2) is 29.7 Å². The standard InChI is InChI=1S/C18H18FNO6/c1-23-14-7-5-12(9-13(14)19)20-18(22)11-4-6-15(24-2)16(8-11)26-10-17(21)25-3/h4-9H,10H2,1-3H3,(H,20,22). The average molecular weight is 363 g/mol. The monoisotopic (exact) mass is 363 g/mol. The molecule has 1 amide bonds. The Bertz CT molecular complexity index is 808. The van der Waals surface area contributed by atoms with Crippen molar-refractivity contribution in [3.05, 3.63) is 47.8 Å². The van der Waals surface area contributed by atoms with Gasteiger partial charge in [-0.3, -0.25) is 4.79 Å². The zero-order valence-corrected chi connectivity index (χ0v) is 14.5. The molecule has 0 aliphatic rings. The Balaban J connectivity index is 2.17. The topological polar surface area (TPSA) is 83.1 Å². The summed E-state index contributed by atoms with van der Waals surface area (Å²) in [5, 5.41) is 2.57. The molecule has 2 rings (SSSR count). The van der Waals surface area contributed by atoms with E-state index < -0.39 is 17.7 Å². The van der Waals surface area contributed by atoms with E-state index in [0.29, 0.717) is 5.75 Å². The van der Waals surface area contributed by atoms with Crippen molar-refractivity contribution >= 4 is 17.6 Å². The number of rotatable bonds is 7. The van der Waals surface area contributed by atoms with Crippen molar-refractivity contribution in [1.82, 2.24) is 0 Å². The van der Waals surface area contributed by atoms with Gasteiger partial charge in [0.2, 0.25) is 0 Å². The van der Waals surface area contributed by atoms with Crippen LogP contribution in [0, 0.1) is 5.82 Å². The largest absolute Gasteiger partial charge is 0.494 e. The summed E-state index contributed by atoms with van der Waals surface area (Å²) in [6.45, 7) is -0.332. The van der Waals surface area contributed by atoms with E-state index in [2.05, 4.69) is 10.1 Å². The molecule has 26 heavy (non-hydrogen) atoms. The van der Waals surface area contributed by atoms with Gasteiger partial charge in [0.05, 0.1) is 21.3 Å². The second-order valence-corrected chi connectivity index (χ2v) is 5.03. The van der Waals surface area contributed by atoms with Crippen LogP contribution in [0.4, 0.5) is 10.1 Å². The quantitative estimate of drug-likeness (QED) is 0.762. The van der Waals surface area contributed by atoms with Crippen LogP contribution in [0.25, 0.3) is 0 Å². The molecule has 0 aromatic heterocycles. The molecule has 0 atom stereocenters. The molecule has 8 heteroatoms. The molecule has 0 unspecified atom stereocenters. The maximum absolute atomic E-state index is 13.7. The number of carbonyl (C=O) groups is 2. The molecule has 0 bridgehead atoms. The normalized spacial score (nSPS) is 10.0. The van der Waals surface area contributed by atoms with E-state index in [9.17, 15) is 14.0 Å². The van der Waals surface area contributed by atoms with Crippen LogP contribution in [0.3, 0.4) is 0 Å². The molecule has 0 spiro atoms. The van der Waals surface area contributed by atoms with Gasteiger partial charge in [0.1, 0.15) is 0 Å². The van der Waals surface area contributed by atoms with Gasteiger partial charge in [-0.1, -0.05) is 0 Å². The predicted molar refractivity (Wildman–Crippen MR) is 91.4 cm³/mol. The van der Waals surface area contributed by atoms with Gasteiger partial charge in [-0.25, -0.2) is 9.18 Å². The third-order valence-electron chi connectivity index (χ3n) is 3.41. The molecule has 2 aromatic carbocycles. The van der Waals surface area contributed by atoms with Gasteiger partial charge in [0.25, 0.3) is 5.91 Å². The number of amides is 1. The Morgan fingerprint density at radius 3 is 2.27 bits per heavy atom. The number of ether oxygens (including phenoxy) is 4. The van der Waals surface area contributed by atoms with Crippen LogP contribution in [0.5, 0.6) is 17.2 Å². The van der Waals surface area contributed by atoms with E-state index in [-0.39, 0.29) is 29.4 Å². The number of esters is 1. The van der Waals surface area contributed by atoms with Crippen molar-refractivity contribution in [3.8, 4) is 17.2 Å². The Kier molecular flexibility index (Phi) is 6.37. The highest BCUT2D eigenvalue weighted by Crippen LogP contribution is 2.29. The lowest BCUT2D eigenvalue weighted by molar-refractivity contribution is -0.142. The summed E-state index contributed by atoms with van der Waals surface area (Å²) in [4.78, 5) is 23.6. The lowest BCUT2D eigenvalue weighted by Gasteiger charge is -2.12. The van der Waals surface area contributed by atoms with Crippen molar-refractivity contribution < 1.29 is 32.9 Å². The summed E-state index contributed by atoms with van der Waals surface area (Å²) in [6, 6.07) is 8.52. The molecule has 7 nitrogen and oxygen atoms in total. The maximum atomic E-state index is 13.7. The number of methoxy groups -OCH3 is 3. The van der Waals surface area contributed by atoms with E-state index >= 15 is 0 Å². The molecular weight excluding hydrogens is 345 g/mol. The van der Waals surface area contributed by atoms with Gasteiger partial charge in [-0.2, -0.15) is 0 Å². The van der Waals surface area contributed by atoms with Crippen LogP contribution >= 0.6 is 0 Å². The van der Waals surface area contributed by atoms with Crippen molar-refractivity contribution in [2.75, 3.05) is 33.3 Å². The lowest BCUT2D eigenvalue weighted by atomic mass is 10.1. The molecule has 0 fully saturated rings. The molecular formula is C18H18FNO6. The van der Waals surface area contributed by atoms with E-state index in [1.165, 1.54) is 51.7 Å². The number of carbonyl (C=O) groups excluding carboxylic acids is 2. The van der Waals surface area contributed by atoms with E-state index in [0.717, 1.165) is 6.07 Å². The SMILES string of the molecule is COC(=O)COc1cc(C(=O)Nc2ccc(OC)c(F)c2)ccc1OC. The van der Waals surface area contributed by atoms with E-state index in [1.807, 2.05) is 0 Å². The summed E-state index contributed by atoms with van der Waals surface area (Å²) in [5.41, 5.74) is 0.503. The van der Waals surface area contributed by atoms with Crippen LogP contribution in [0.2, 0.25) is 0 Å². The zero-order valence-electron chi connectivity index (χ0n) is 14.5. The fourth-order valence-corrected chi connectivity index (χ4v) is 2.07. The fraction of sp³-hybridized carbons (Fsp3) is 0.222. The third kappa shape index (κ3) is 4.62. The summed E-state index contributed by atoms with van der Waals surface area (Å²) in [6.07, 6.45) is 0. The second kappa shape index (κ2) is 8.70. The van der Waals surface area contributed by atoms with Gasteiger partial charge >= 0.3 is 5.97 Å². The molecule has 0 aliphatic heterocycles. The van der Waals surface area contributed by atoms with Crippen LogP contribution in [0.15, 0.2) is 36.4 Å². The van der Waals surface area contributed by atoms with Gasteiger partial charge in [-0.15, -0.1) is 0 Å². The first-order valence-electron chi connectivity index (χ1n) is 7.51. The number of anilines is 1. The Morgan fingerprint density at radius 2 is 1.65 bits per heavy atom. The smallest absolute Gasteiger partial charge is 0.343 e. The van der Waals surface area contributed by atoms with Crippen molar-refractivity contribution in [1.29, 1.82) is 0 Å². The minimum Gasteiger partial charge on any atom is -0.494 e. The summed E-state index contributed by atoms with van der Waals surface area (Å²) >= 11 is 0. The third-order valence-corrected chi connectivity index (χ3v) is 3.41. The first-order valence-corrected chi connectivity index (χ1v) is 7.51. The maximum Gasteiger partial charge on any atom is 0.343 e. The zero-order chi connectivity index (χ0) is 19.1. The fourth-order valence-electron chi connectivity index (χ4n) is 2.07. The van der Waals surface area contributed by atoms with Gasteiger partial charge in [-0.05, 0) is 30.3 Å². The molecule has 1 N–H and O–H groups in total. The van der Waals surface area contributed by atoms with Crippen LogP contribution in [-0.2, 0) is 9.53 Å². The minimum absolute atomic E-state index is 0.0749. The Morgan fingerprint density at radius 1 is 0.962 bits per heavy atom. The van der Waals surface area contributed by atoms with Crippen LogP contribution in [-0.4, -0.2) is 39.8 Å². The number of nitrogens with one attached hydrogen (secondary N) is 1. The van der Waals surface area contributed by atoms with Crippen molar-refractivity contribution in [2.24, 2.45) is 0 Å². The molecule has 0 saturated heterocycles. The average Bonchev–Trinajstić information content (AvgIpc) is 2.65. The first-order chi connectivity index (χ1) is 12.5. The molecule has 0 radical (unpaired) electrons. The highest BCUT2D eigenvalue weighted by molar-refractivity contribution is 6.04. The van der Waals surface area contributed by atoms with Gasteiger partial charge < -0.3 is 24.3 Å². The van der Waals surface area contributed by atoms with E-state index in [4.69, 9.17) is 14.2 Å². The van der Waals surface area contributed by atoms with E-state index in [1.54, 1.807) is 0 Å². The highest BCUT2D eigenvalue weighted by Gasteiger charge is 2.14. The predicted octanol–water partition coefficient (Wildman–Crippen LogP) is 2.65. The molecule has 0 aliphatic carbocycles. The van der Waals surface area contributed by atoms with Crippen molar-refractivity contribution in [3.63, 3.8) is 0 Å². The summed E-state index contributed by atoms with van der Waals surface area (Å²) in [7, 11) is 4.02. The molecule has 138 valence electrons. The molecule has 0 saturated carbocycles. The second-order valence-electron chi connectivity index (χ2n) is 5.03. The van der Waals surface area contributed by atoms with Gasteiger partial charge in [0, 0.05) is 17.3 Å². The Labute approximate surface area is 149 Å². The molecule has 0 heterocycles. The van der Waals surface area contributed by atoms with Crippen LogP contribution < -0.4 is 19.5 Å². The van der Waals surface area contributed by atoms with Crippen LogP contribution in [0.1, 0.15) is 10.4 Å². The summed E-state index contributed by atoms with van der Waals surface area (Å²) < 4.78 is 33.5. The summed E-state index contributed by atoms with van der Waals surface area (Å²) in [5.74, 6) is -1.03. The molecule has 2 aromatic rings.